The topological polar surface area (TPSA) is 74.6 Å². The molecule has 0 atom stereocenters. The summed E-state index contributed by atoms with van der Waals surface area (Å²) >= 11 is -0.602. The summed E-state index contributed by atoms with van der Waals surface area (Å²) in [4.78, 5) is 24.4. The van der Waals surface area contributed by atoms with E-state index in [0.717, 1.165) is 0 Å². The Kier molecular flexibility index (Phi) is 4.11. The summed E-state index contributed by atoms with van der Waals surface area (Å²) < 4.78 is 0.716. The number of Topliss-reactive ketones (excluding diaryl/α,β-unsaturated/α-hetero) is 2. The first-order valence-corrected chi connectivity index (χ1v) is 8.81. The summed E-state index contributed by atoms with van der Waals surface area (Å²) in [5.41, 5.74) is -0.481. The third-order valence-electron chi connectivity index (χ3n) is 3.81. The second kappa shape index (κ2) is 5.29. The normalized spacial score (nSPS) is 25.5. The molecule has 116 valence electrons. The molecule has 2 aliphatic rings. The van der Waals surface area contributed by atoms with Gasteiger partial charge in [0.25, 0.3) is 0 Å². The van der Waals surface area contributed by atoms with Crippen LogP contribution in [0.5, 0.6) is 0 Å². The van der Waals surface area contributed by atoms with Crippen molar-refractivity contribution in [1.29, 1.82) is 0 Å². The Morgan fingerprint density at radius 2 is 1.10 bits per heavy atom. The van der Waals surface area contributed by atoms with Gasteiger partial charge in [-0.1, -0.05) is 0 Å². The molecule has 0 aromatic carbocycles. The van der Waals surface area contributed by atoms with E-state index < -0.39 is 15.0 Å². The fourth-order valence-corrected chi connectivity index (χ4v) is 4.88. The number of hydrogen-bond acceptors (Lipinski definition) is 4. The predicted octanol–water partition coefficient (Wildman–Crippen LogP) is 3.01. The van der Waals surface area contributed by atoms with E-state index in [1.54, 1.807) is 0 Å². The second-order valence-corrected chi connectivity index (χ2v) is 9.68. The molecule has 0 amide bonds. The number of hydrogen-bond donors (Lipinski definition) is 2. The van der Waals surface area contributed by atoms with E-state index in [0.29, 0.717) is 34.6 Å². The summed E-state index contributed by atoms with van der Waals surface area (Å²) in [6, 6.07) is 0. The van der Waals surface area contributed by atoms with E-state index in [-0.39, 0.29) is 33.9 Å². The quantitative estimate of drug-likeness (QED) is 0.745. The van der Waals surface area contributed by atoms with Crippen molar-refractivity contribution >= 4 is 26.5 Å². The third-order valence-corrected chi connectivity index (χ3v) is 6.61. The molecule has 0 saturated heterocycles. The van der Waals surface area contributed by atoms with Crippen molar-refractivity contribution in [1.82, 2.24) is 0 Å². The van der Waals surface area contributed by atoms with Gasteiger partial charge in [-0.2, -0.15) is 0 Å². The zero-order valence-electron chi connectivity index (χ0n) is 12.9. The first kappa shape index (κ1) is 16.3. The van der Waals surface area contributed by atoms with Gasteiger partial charge in [0.1, 0.15) is 0 Å². The van der Waals surface area contributed by atoms with Crippen LogP contribution >= 0.6 is 0 Å². The van der Waals surface area contributed by atoms with Gasteiger partial charge in [-0.3, -0.25) is 0 Å². The maximum atomic E-state index is 12.2. The van der Waals surface area contributed by atoms with Crippen LogP contribution in [-0.2, 0) is 9.59 Å². The Hall–Kier alpha value is -1.06. The van der Waals surface area contributed by atoms with Crippen LogP contribution in [0.2, 0.25) is 0 Å². The maximum absolute atomic E-state index is 12.2. The van der Waals surface area contributed by atoms with E-state index >= 15 is 0 Å². The van der Waals surface area contributed by atoms with Crippen LogP contribution in [0.4, 0.5) is 0 Å². The van der Waals surface area contributed by atoms with Crippen LogP contribution in [0.1, 0.15) is 53.4 Å². The number of carbonyl (C=O) groups excluding carboxylic acids is 2. The van der Waals surface area contributed by atoms with E-state index in [4.69, 9.17) is 0 Å². The van der Waals surface area contributed by atoms with E-state index in [1.165, 1.54) is 0 Å². The van der Waals surface area contributed by atoms with Crippen molar-refractivity contribution in [3.8, 4) is 0 Å². The minimum atomic E-state index is -0.602. The molecule has 0 fully saturated rings. The summed E-state index contributed by atoms with van der Waals surface area (Å²) in [6.07, 6.45) is 1.65. The van der Waals surface area contributed by atoms with Gasteiger partial charge in [-0.25, -0.2) is 0 Å². The molecule has 0 aromatic rings. The van der Waals surface area contributed by atoms with Gasteiger partial charge in [0, 0.05) is 0 Å². The summed E-state index contributed by atoms with van der Waals surface area (Å²) in [5.74, 6) is -0.00765. The zero-order valence-corrected chi connectivity index (χ0v) is 14.7. The molecule has 0 radical (unpaired) electrons. The first-order chi connectivity index (χ1) is 9.51. The molecule has 0 saturated carbocycles. The predicted molar refractivity (Wildman–Crippen MR) is 81.1 cm³/mol. The van der Waals surface area contributed by atoms with Crippen LogP contribution in [-0.4, -0.2) is 36.7 Å². The number of rotatable bonds is 2. The molecule has 0 aromatic heterocycles. The Balaban J connectivity index is 2.30. The summed E-state index contributed by atoms with van der Waals surface area (Å²) in [5, 5.41) is 20.3. The summed E-state index contributed by atoms with van der Waals surface area (Å²) in [7, 11) is 0. The van der Waals surface area contributed by atoms with Crippen LogP contribution in [0.3, 0.4) is 0 Å². The monoisotopic (exact) mass is 358 g/mol. The van der Waals surface area contributed by atoms with Crippen LogP contribution < -0.4 is 0 Å². The molecule has 0 aliphatic heterocycles. The van der Waals surface area contributed by atoms with Crippen LogP contribution in [0.15, 0.2) is 20.5 Å². The van der Waals surface area contributed by atoms with E-state index in [2.05, 4.69) is 0 Å². The van der Waals surface area contributed by atoms with Gasteiger partial charge in [-0.15, -0.1) is 0 Å². The van der Waals surface area contributed by atoms with Gasteiger partial charge in [-0.05, 0) is 0 Å². The van der Waals surface area contributed by atoms with Crippen molar-refractivity contribution in [3.63, 3.8) is 0 Å². The molecule has 2 N–H and O–H groups in total. The second-order valence-electron chi connectivity index (χ2n) is 7.54. The fourth-order valence-electron chi connectivity index (χ4n) is 2.88. The van der Waals surface area contributed by atoms with Crippen molar-refractivity contribution in [3.05, 3.63) is 20.5 Å². The molecule has 2 aliphatic carbocycles. The third kappa shape index (κ3) is 3.58. The minimum absolute atomic E-state index is 0.0918. The number of carbonyl (C=O) groups is 2. The molecule has 0 spiro atoms. The standard InChI is InChI=1S/C16H22O4Se/c1-15(2)5-9(17)13(10(18)6-15)21-14-11(19)7-16(3,4)8-12(14)20/h17,19H,5-8H2,1-4H3. The SMILES string of the molecule is CC1(C)CC(=O)C([Se]C2=C(O)CC(C)(C)CC2=O)=C(O)C1. The van der Waals surface area contributed by atoms with Gasteiger partial charge >= 0.3 is 131 Å². The van der Waals surface area contributed by atoms with Gasteiger partial charge in [0.2, 0.25) is 0 Å². The molecule has 0 bridgehead atoms. The zero-order chi connectivity index (χ0) is 16.0. The molecular formula is C16H22O4Se. The Bertz CT molecular complexity index is 517. The number of aliphatic hydroxyl groups is 2. The number of ketones is 2. The fraction of sp³-hybridized carbons (Fsp3) is 0.625. The van der Waals surface area contributed by atoms with Gasteiger partial charge in [0.15, 0.2) is 0 Å². The van der Waals surface area contributed by atoms with Crippen molar-refractivity contribution in [2.24, 2.45) is 10.8 Å². The molecule has 5 heteroatoms. The molecule has 21 heavy (non-hydrogen) atoms. The van der Waals surface area contributed by atoms with Gasteiger partial charge in [0.05, 0.1) is 0 Å². The van der Waals surface area contributed by atoms with Gasteiger partial charge < -0.3 is 0 Å². The molecule has 4 nitrogen and oxygen atoms in total. The van der Waals surface area contributed by atoms with Crippen LogP contribution in [0.25, 0.3) is 0 Å². The van der Waals surface area contributed by atoms with Crippen molar-refractivity contribution < 1.29 is 19.8 Å². The Morgan fingerprint density at radius 3 is 1.38 bits per heavy atom. The average Bonchev–Trinajstić information content (AvgIpc) is 2.22. The number of allylic oxidation sites excluding steroid dienone is 4. The molecular weight excluding hydrogens is 335 g/mol. The molecule has 0 unspecified atom stereocenters. The summed E-state index contributed by atoms with van der Waals surface area (Å²) in [6.45, 7) is 7.76. The Morgan fingerprint density at radius 1 is 0.762 bits per heavy atom. The average molecular weight is 357 g/mol. The van der Waals surface area contributed by atoms with Crippen molar-refractivity contribution in [2.75, 3.05) is 0 Å². The first-order valence-electron chi connectivity index (χ1n) is 7.09. The Labute approximate surface area is 131 Å². The van der Waals surface area contributed by atoms with Crippen LogP contribution in [0, 0.1) is 10.8 Å². The van der Waals surface area contributed by atoms with E-state index in [1.807, 2.05) is 27.7 Å². The van der Waals surface area contributed by atoms with E-state index in [9.17, 15) is 19.8 Å². The molecule has 0 heterocycles. The molecule has 2 rings (SSSR count). The number of aliphatic hydroxyl groups excluding tert-OH is 2. The van der Waals surface area contributed by atoms with Crippen molar-refractivity contribution in [2.45, 2.75) is 53.4 Å².